The fraction of sp³-hybridized carbons (Fsp3) is 0.583. The second kappa shape index (κ2) is 6.21. The number of amides is 1. The first kappa shape index (κ1) is 15.4. The molecule has 0 radical (unpaired) electrons. The van der Waals surface area contributed by atoms with Gasteiger partial charge in [-0.2, -0.15) is 4.72 Å². The Kier molecular flexibility index (Phi) is 4.79. The molecule has 2 atom stereocenters. The van der Waals surface area contributed by atoms with Crippen molar-refractivity contribution in [2.75, 3.05) is 6.54 Å². The van der Waals surface area contributed by atoms with Crippen LogP contribution in [0.3, 0.4) is 0 Å². The molecule has 112 valence electrons. The van der Waals surface area contributed by atoms with Crippen molar-refractivity contribution in [2.24, 2.45) is 11.7 Å². The van der Waals surface area contributed by atoms with E-state index in [0.717, 1.165) is 24.2 Å². The molecule has 1 aromatic heterocycles. The Morgan fingerprint density at radius 2 is 2.25 bits per heavy atom. The van der Waals surface area contributed by atoms with Crippen LogP contribution in [0.25, 0.3) is 0 Å². The Labute approximate surface area is 122 Å². The maximum Gasteiger partial charge on any atom is 0.250 e. The Hall–Kier alpha value is -0.960. The number of rotatable bonds is 7. The largest absolute Gasteiger partial charge is 0.350 e. The third-order valence-corrected chi connectivity index (χ3v) is 6.20. The van der Waals surface area contributed by atoms with E-state index >= 15 is 0 Å². The lowest BCUT2D eigenvalue weighted by molar-refractivity contribution is -0.123. The van der Waals surface area contributed by atoms with Crippen molar-refractivity contribution in [3.63, 3.8) is 0 Å². The number of thiophene rings is 1. The average molecular weight is 317 g/mol. The van der Waals surface area contributed by atoms with Crippen LogP contribution in [0.15, 0.2) is 21.7 Å². The molecule has 1 saturated carbocycles. The molecule has 1 aliphatic carbocycles. The molecule has 20 heavy (non-hydrogen) atoms. The van der Waals surface area contributed by atoms with Gasteiger partial charge in [0.15, 0.2) is 0 Å². The van der Waals surface area contributed by atoms with E-state index in [1.165, 1.54) is 13.0 Å². The van der Waals surface area contributed by atoms with Crippen LogP contribution in [-0.2, 0) is 14.8 Å². The molecule has 6 nitrogen and oxygen atoms in total. The van der Waals surface area contributed by atoms with Crippen LogP contribution in [0.5, 0.6) is 0 Å². The summed E-state index contributed by atoms with van der Waals surface area (Å²) in [5.74, 6) is 0.0949. The Morgan fingerprint density at radius 1 is 1.55 bits per heavy atom. The van der Waals surface area contributed by atoms with Crippen LogP contribution >= 0.6 is 11.3 Å². The van der Waals surface area contributed by atoms with Crippen LogP contribution < -0.4 is 15.8 Å². The highest BCUT2D eigenvalue weighted by molar-refractivity contribution is 7.91. The average Bonchev–Trinajstić information content (AvgIpc) is 3.07. The number of carbonyl (C=O) groups excluding carboxylic acids is 1. The van der Waals surface area contributed by atoms with Gasteiger partial charge in [-0.15, -0.1) is 11.3 Å². The number of nitrogens with one attached hydrogen (secondary N) is 2. The van der Waals surface area contributed by atoms with Crippen molar-refractivity contribution in [2.45, 2.75) is 36.1 Å². The molecule has 0 aliphatic heterocycles. The molecule has 1 aromatic rings. The number of hydrogen-bond donors (Lipinski definition) is 3. The van der Waals surface area contributed by atoms with E-state index in [1.54, 1.807) is 11.4 Å². The molecule has 0 bridgehead atoms. The topological polar surface area (TPSA) is 101 Å². The third-order valence-electron chi connectivity index (χ3n) is 3.26. The highest BCUT2D eigenvalue weighted by Gasteiger charge is 2.32. The molecule has 0 saturated heterocycles. The van der Waals surface area contributed by atoms with E-state index in [9.17, 15) is 13.2 Å². The summed E-state index contributed by atoms with van der Waals surface area (Å²) in [4.78, 5) is 12.0. The lowest BCUT2D eigenvalue weighted by atomic mass is 10.2. The number of carbonyl (C=O) groups is 1. The lowest BCUT2D eigenvalue weighted by Gasteiger charge is -2.19. The standard InChI is InChI=1S/C12H19N3O3S2/c1-8(12(16)14-10(7-13)9-4-5-9)15-20(17,18)11-3-2-6-19-11/h2-3,6,8-10,15H,4-5,7,13H2,1H3,(H,14,16). The third kappa shape index (κ3) is 3.78. The molecule has 2 unspecified atom stereocenters. The zero-order valence-electron chi connectivity index (χ0n) is 11.2. The van der Waals surface area contributed by atoms with Gasteiger partial charge in [-0.05, 0) is 37.1 Å². The van der Waals surface area contributed by atoms with Crippen molar-refractivity contribution >= 4 is 27.3 Å². The lowest BCUT2D eigenvalue weighted by Crippen LogP contribution is -2.50. The normalized spacial score (nSPS) is 18.5. The van der Waals surface area contributed by atoms with Crippen molar-refractivity contribution < 1.29 is 13.2 Å². The summed E-state index contributed by atoms with van der Waals surface area (Å²) in [6.45, 7) is 1.90. The molecule has 1 aliphatic rings. The van der Waals surface area contributed by atoms with Gasteiger partial charge in [-0.1, -0.05) is 6.07 Å². The van der Waals surface area contributed by atoms with Crippen LogP contribution in [0.2, 0.25) is 0 Å². The predicted octanol–water partition coefficient (Wildman–Crippen LogP) is 0.268. The first-order valence-electron chi connectivity index (χ1n) is 6.50. The van der Waals surface area contributed by atoms with Crippen LogP contribution in [0, 0.1) is 5.92 Å². The van der Waals surface area contributed by atoms with Gasteiger partial charge in [-0.3, -0.25) is 4.79 Å². The van der Waals surface area contributed by atoms with Gasteiger partial charge in [0.1, 0.15) is 4.21 Å². The van der Waals surface area contributed by atoms with E-state index in [4.69, 9.17) is 5.73 Å². The maximum absolute atomic E-state index is 12.0. The van der Waals surface area contributed by atoms with E-state index in [1.807, 2.05) is 0 Å². The van der Waals surface area contributed by atoms with Gasteiger partial charge < -0.3 is 11.1 Å². The van der Waals surface area contributed by atoms with Crippen LogP contribution in [0.4, 0.5) is 0 Å². The van der Waals surface area contributed by atoms with Crippen molar-refractivity contribution in [3.8, 4) is 0 Å². The minimum Gasteiger partial charge on any atom is -0.350 e. The van der Waals surface area contributed by atoms with Gasteiger partial charge >= 0.3 is 0 Å². The number of nitrogens with two attached hydrogens (primary N) is 1. The minimum absolute atomic E-state index is 0.0591. The number of hydrogen-bond acceptors (Lipinski definition) is 5. The number of sulfonamides is 1. The Bertz CT molecular complexity index is 553. The van der Waals surface area contributed by atoms with Crippen molar-refractivity contribution in [1.82, 2.24) is 10.0 Å². The van der Waals surface area contributed by atoms with Crippen molar-refractivity contribution in [3.05, 3.63) is 17.5 Å². The van der Waals surface area contributed by atoms with Gasteiger partial charge in [0, 0.05) is 12.6 Å². The summed E-state index contributed by atoms with van der Waals surface area (Å²) >= 11 is 1.11. The van der Waals surface area contributed by atoms with E-state index < -0.39 is 16.1 Å². The minimum atomic E-state index is -3.63. The zero-order valence-corrected chi connectivity index (χ0v) is 12.8. The van der Waals surface area contributed by atoms with Crippen molar-refractivity contribution in [1.29, 1.82) is 0 Å². The van der Waals surface area contributed by atoms with E-state index in [2.05, 4.69) is 10.0 Å². The van der Waals surface area contributed by atoms with Crippen LogP contribution in [-0.4, -0.2) is 33.0 Å². The fourth-order valence-corrected chi connectivity index (χ4v) is 4.15. The molecule has 8 heteroatoms. The van der Waals surface area contributed by atoms with E-state index in [-0.39, 0.29) is 16.2 Å². The molecule has 1 fully saturated rings. The SMILES string of the molecule is CC(NS(=O)(=O)c1cccs1)C(=O)NC(CN)C1CC1. The summed E-state index contributed by atoms with van der Waals surface area (Å²) in [7, 11) is -3.63. The molecule has 4 N–H and O–H groups in total. The Morgan fingerprint density at radius 3 is 2.75 bits per heavy atom. The summed E-state index contributed by atoms with van der Waals surface area (Å²) in [6.07, 6.45) is 2.13. The predicted molar refractivity (Wildman–Crippen MR) is 77.8 cm³/mol. The summed E-state index contributed by atoms with van der Waals surface area (Å²) in [5, 5.41) is 4.49. The highest BCUT2D eigenvalue weighted by Crippen LogP contribution is 2.32. The maximum atomic E-state index is 12.0. The summed E-state index contributed by atoms with van der Waals surface area (Å²) in [5.41, 5.74) is 5.61. The fourth-order valence-electron chi connectivity index (χ4n) is 1.94. The quantitative estimate of drug-likeness (QED) is 0.672. The molecule has 0 aromatic carbocycles. The smallest absolute Gasteiger partial charge is 0.250 e. The first-order valence-corrected chi connectivity index (χ1v) is 8.86. The second-order valence-electron chi connectivity index (χ2n) is 4.96. The molecular weight excluding hydrogens is 298 g/mol. The monoisotopic (exact) mass is 317 g/mol. The summed E-state index contributed by atoms with van der Waals surface area (Å²) in [6, 6.07) is 2.28. The second-order valence-corrected chi connectivity index (χ2v) is 7.85. The molecule has 2 rings (SSSR count). The molecule has 1 heterocycles. The molecule has 0 spiro atoms. The molecule has 1 amide bonds. The van der Waals surface area contributed by atoms with Gasteiger partial charge in [0.2, 0.25) is 5.91 Å². The molecular formula is C12H19N3O3S2. The van der Waals surface area contributed by atoms with Gasteiger partial charge in [0.05, 0.1) is 6.04 Å². The first-order chi connectivity index (χ1) is 9.44. The van der Waals surface area contributed by atoms with Gasteiger partial charge in [-0.25, -0.2) is 8.42 Å². The Balaban J connectivity index is 1.93. The van der Waals surface area contributed by atoms with Crippen LogP contribution in [0.1, 0.15) is 19.8 Å². The van der Waals surface area contributed by atoms with E-state index in [0.29, 0.717) is 12.5 Å². The van der Waals surface area contributed by atoms with Gasteiger partial charge in [0.25, 0.3) is 10.0 Å². The zero-order chi connectivity index (χ0) is 14.8. The summed E-state index contributed by atoms with van der Waals surface area (Å²) < 4.78 is 26.6. The highest BCUT2D eigenvalue weighted by atomic mass is 32.2.